The third kappa shape index (κ3) is 5.06. The van der Waals surface area contributed by atoms with Gasteiger partial charge < -0.3 is 19.5 Å². The maximum Gasteiger partial charge on any atom is 0.270 e. The number of hydrogen-bond donors (Lipinski definition) is 1. The molecule has 0 aliphatic carbocycles. The Hall–Kier alpha value is -4.45. The van der Waals surface area contributed by atoms with E-state index in [2.05, 4.69) is 20.6 Å². The second-order valence-corrected chi connectivity index (χ2v) is 7.46. The van der Waals surface area contributed by atoms with Gasteiger partial charge in [0.15, 0.2) is 11.5 Å². The van der Waals surface area contributed by atoms with Gasteiger partial charge in [0.25, 0.3) is 11.6 Å². The zero-order chi connectivity index (χ0) is 24.9. The molecule has 2 heterocycles. The van der Waals surface area contributed by atoms with Crippen LogP contribution in [0, 0.1) is 10.1 Å². The molecule has 0 saturated heterocycles. The van der Waals surface area contributed by atoms with E-state index < -0.39 is 10.8 Å². The first-order valence-electron chi connectivity index (χ1n) is 10.2. The van der Waals surface area contributed by atoms with E-state index in [-0.39, 0.29) is 35.3 Å². The summed E-state index contributed by atoms with van der Waals surface area (Å²) in [6, 6.07) is 12.2. The monoisotopic (exact) mass is 498 g/mol. The summed E-state index contributed by atoms with van der Waals surface area (Å²) >= 11 is 6.00. The number of nitro benzene ring substituents is 1. The first kappa shape index (κ1) is 23.7. The second-order valence-electron chi connectivity index (χ2n) is 7.06. The lowest BCUT2D eigenvalue weighted by molar-refractivity contribution is -0.384. The first-order chi connectivity index (χ1) is 16.9. The number of halogens is 1. The molecule has 0 saturated carbocycles. The fraction of sp³-hybridized carbons (Fsp3) is 0.182. The van der Waals surface area contributed by atoms with E-state index in [9.17, 15) is 14.9 Å². The van der Waals surface area contributed by atoms with Crippen LogP contribution < -0.4 is 19.5 Å². The van der Waals surface area contributed by atoms with Crippen LogP contribution in [-0.2, 0) is 0 Å². The Bertz CT molecular complexity index is 1410. The molecule has 4 aromatic rings. The molecule has 0 aliphatic heterocycles. The van der Waals surface area contributed by atoms with E-state index in [1.807, 2.05) is 0 Å². The van der Waals surface area contributed by atoms with Gasteiger partial charge >= 0.3 is 0 Å². The zero-order valence-electron chi connectivity index (χ0n) is 18.6. The molecule has 0 radical (unpaired) electrons. The van der Waals surface area contributed by atoms with Gasteiger partial charge in [0.1, 0.15) is 18.1 Å². The number of nitrogens with zero attached hydrogens (tertiary/aromatic N) is 5. The van der Waals surface area contributed by atoms with Crippen LogP contribution in [0.5, 0.6) is 17.4 Å². The Morgan fingerprint density at radius 2 is 1.94 bits per heavy atom. The third-order valence-electron chi connectivity index (χ3n) is 4.93. The van der Waals surface area contributed by atoms with Crippen LogP contribution in [0.15, 0.2) is 48.5 Å². The maximum atomic E-state index is 12.4. The molecule has 0 aliphatic rings. The average molecular weight is 499 g/mol. The van der Waals surface area contributed by atoms with E-state index in [4.69, 9.17) is 25.8 Å². The number of nitrogens with one attached hydrogen (secondary N) is 1. The minimum atomic E-state index is -0.599. The predicted octanol–water partition coefficient (Wildman–Crippen LogP) is 3.18. The summed E-state index contributed by atoms with van der Waals surface area (Å²) in [4.78, 5) is 22.7. The number of fused-ring (bicyclic) bond motifs is 1. The first-order valence-corrected chi connectivity index (χ1v) is 10.6. The van der Waals surface area contributed by atoms with Crippen molar-refractivity contribution in [2.24, 2.45) is 0 Å². The molecular formula is C22H19ClN6O6. The number of aromatic nitrogens is 4. The largest absolute Gasteiger partial charge is 0.497 e. The van der Waals surface area contributed by atoms with Crippen LogP contribution in [0.1, 0.15) is 10.4 Å². The molecule has 4 rings (SSSR count). The van der Waals surface area contributed by atoms with Crippen molar-refractivity contribution < 1.29 is 23.9 Å². The standard InChI is InChI=1S/C22H19ClN6O6/c1-33-14-4-6-18(34-2)16(12-14)21-26-25-19-7-8-20(27-28(19)21)35-10-9-24-22(30)15-11-13(29(31)32)3-5-17(15)23/h3-8,11-12H,9-10H2,1-2H3,(H,24,30). The lowest BCUT2D eigenvalue weighted by Crippen LogP contribution is -2.28. The van der Waals surface area contributed by atoms with Gasteiger partial charge in [-0.15, -0.1) is 15.3 Å². The number of rotatable bonds is 9. The minimum absolute atomic E-state index is 0.00165. The Morgan fingerprint density at radius 3 is 2.69 bits per heavy atom. The van der Waals surface area contributed by atoms with E-state index in [0.717, 1.165) is 6.07 Å². The highest BCUT2D eigenvalue weighted by molar-refractivity contribution is 6.33. The van der Waals surface area contributed by atoms with Crippen LogP contribution in [0.4, 0.5) is 5.69 Å². The number of benzene rings is 2. The van der Waals surface area contributed by atoms with Crippen LogP contribution in [0.25, 0.3) is 17.0 Å². The van der Waals surface area contributed by atoms with Crippen molar-refractivity contribution in [3.8, 4) is 28.8 Å². The van der Waals surface area contributed by atoms with E-state index in [1.54, 1.807) is 44.6 Å². The van der Waals surface area contributed by atoms with Crippen molar-refractivity contribution in [1.82, 2.24) is 25.1 Å². The fourth-order valence-corrected chi connectivity index (χ4v) is 3.43. The molecule has 35 heavy (non-hydrogen) atoms. The number of carbonyl (C=O) groups excluding carboxylic acids is 1. The molecule has 0 bridgehead atoms. The van der Waals surface area contributed by atoms with Gasteiger partial charge in [0, 0.05) is 18.2 Å². The topological polar surface area (TPSA) is 143 Å². The van der Waals surface area contributed by atoms with Crippen molar-refractivity contribution in [2.75, 3.05) is 27.4 Å². The number of hydrogen-bond acceptors (Lipinski definition) is 9. The third-order valence-corrected chi connectivity index (χ3v) is 5.26. The smallest absolute Gasteiger partial charge is 0.270 e. The van der Waals surface area contributed by atoms with Gasteiger partial charge in [0.2, 0.25) is 5.88 Å². The van der Waals surface area contributed by atoms with Gasteiger partial charge in [-0.05, 0) is 30.3 Å². The molecule has 0 unspecified atom stereocenters. The summed E-state index contributed by atoms with van der Waals surface area (Å²) in [6.07, 6.45) is 0. The molecule has 1 N–H and O–H groups in total. The SMILES string of the molecule is COc1ccc(OC)c(-c2nnc3ccc(OCCNC(=O)c4cc([N+](=O)[O-])ccc4Cl)nn23)c1. The normalized spacial score (nSPS) is 10.7. The summed E-state index contributed by atoms with van der Waals surface area (Å²) in [5.41, 5.74) is 0.892. The van der Waals surface area contributed by atoms with Crippen molar-refractivity contribution >= 4 is 28.8 Å². The number of carbonyl (C=O) groups is 1. The molecule has 0 atom stereocenters. The molecular weight excluding hydrogens is 480 g/mol. The highest BCUT2D eigenvalue weighted by Gasteiger charge is 2.17. The van der Waals surface area contributed by atoms with Gasteiger partial charge in [-0.2, -0.15) is 4.52 Å². The van der Waals surface area contributed by atoms with Crippen LogP contribution in [0.3, 0.4) is 0 Å². The molecule has 0 spiro atoms. The zero-order valence-corrected chi connectivity index (χ0v) is 19.4. The number of amides is 1. The highest BCUT2D eigenvalue weighted by Crippen LogP contribution is 2.32. The Balaban J connectivity index is 1.46. The van der Waals surface area contributed by atoms with Crippen LogP contribution in [-0.4, -0.2) is 58.0 Å². The summed E-state index contributed by atoms with van der Waals surface area (Å²) in [5.74, 6) is 1.31. The van der Waals surface area contributed by atoms with Crippen LogP contribution >= 0.6 is 11.6 Å². The van der Waals surface area contributed by atoms with Gasteiger partial charge in [-0.3, -0.25) is 14.9 Å². The molecule has 2 aromatic carbocycles. The molecule has 13 heteroatoms. The summed E-state index contributed by atoms with van der Waals surface area (Å²) in [7, 11) is 3.11. The fourth-order valence-electron chi connectivity index (χ4n) is 3.22. The number of methoxy groups -OCH3 is 2. The highest BCUT2D eigenvalue weighted by atomic mass is 35.5. The lowest BCUT2D eigenvalue weighted by atomic mass is 10.2. The molecule has 12 nitrogen and oxygen atoms in total. The van der Waals surface area contributed by atoms with Crippen LogP contribution in [0.2, 0.25) is 5.02 Å². The quantitative estimate of drug-likeness (QED) is 0.209. The second kappa shape index (κ2) is 10.2. The predicted molar refractivity (Wildman–Crippen MR) is 125 cm³/mol. The van der Waals surface area contributed by atoms with Crippen molar-refractivity contribution in [2.45, 2.75) is 0 Å². The van der Waals surface area contributed by atoms with E-state index in [1.165, 1.54) is 16.6 Å². The Labute approximate surface area is 203 Å². The van der Waals surface area contributed by atoms with Crippen molar-refractivity contribution in [3.63, 3.8) is 0 Å². The van der Waals surface area contributed by atoms with E-state index in [0.29, 0.717) is 28.5 Å². The van der Waals surface area contributed by atoms with Gasteiger partial charge in [-0.25, -0.2) is 0 Å². The average Bonchev–Trinajstić information content (AvgIpc) is 3.29. The van der Waals surface area contributed by atoms with Gasteiger partial charge in [-0.1, -0.05) is 11.6 Å². The summed E-state index contributed by atoms with van der Waals surface area (Å²) in [6.45, 7) is 0.188. The molecule has 2 aromatic heterocycles. The number of nitro groups is 1. The molecule has 180 valence electrons. The van der Waals surface area contributed by atoms with Gasteiger partial charge in [0.05, 0.1) is 41.8 Å². The van der Waals surface area contributed by atoms with E-state index >= 15 is 0 Å². The Kier molecular flexibility index (Phi) is 6.92. The van der Waals surface area contributed by atoms with Crippen molar-refractivity contribution in [3.05, 3.63) is 69.2 Å². The summed E-state index contributed by atoms with van der Waals surface area (Å²) in [5, 5.41) is 26.4. The number of ether oxygens (including phenoxy) is 3. The van der Waals surface area contributed by atoms with Crippen molar-refractivity contribution in [1.29, 1.82) is 0 Å². The molecule has 0 fully saturated rings. The number of non-ortho nitro benzene ring substituents is 1. The summed E-state index contributed by atoms with van der Waals surface area (Å²) < 4.78 is 17.9. The molecule has 1 amide bonds. The minimum Gasteiger partial charge on any atom is -0.497 e. The Morgan fingerprint density at radius 1 is 1.11 bits per heavy atom. The maximum absolute atomic E-state index is 12.4. The lowest BCUT2D eigenvalue weighted by Gasteiger charge is -2.10.